The summed E-state index contributed by atoms with van der Waals surface area (Å²) < 4.78 is 6.60. The molecule has 41 heavy (non-hydrogen) atoms. The van der Waals surface area contributed by atoms with Gasteiger partial charge < -0.3 is 4.74 Å². The molecule has 0 atom stereocenters. The van der Waals surface area contributed by atoms with Crippen molar-refractivity contribution in [2.45, 2.75) is 10.3 Å². The zero-order valence-corrected chi connectivity index (χ0v) is 27.5. The summed E-state index contributed by atoms with van der Waals surface area (Å²) in [6.07, 6.45) is 7.18. The Morgan fingerprint density at radius 2 is 1.61 bits per heavy atom. The van der Waals surface area contributed by atoms with Crippen molar-refractivity contribution in [1.82, 2.24) is 25.4 Å². The molecule has 1 N–H and O–H groups in total. The summed E-state index contributed by atoms with van der Waals surface area (Å²) in [6.45, 7) is 0. The Morgan fingerprint density at radius 3 is 2.29 bits per heavy atom. The molecule has 0 bridgehead atoms. The number of benzene rings is 2. The zero-order chi connectivity index (χ0) is 29.5. The van der Waals surface area contributed by atoms with Gasteiger partial charge in [0, 0.05) is 20.3 Å². The number of hydrogen-bond acceptors (Lipinski definition) is 11. The molecule has 2 aromatic carbocycles. The number of amides is 1. The lowest BCUT2D eigenvalue weighted by Crippen LogP contribution is -2.40. The van der Waals surface area contributed by atoms with Crippen LogP contribution in [0.5, 0.6) is 5.75 Å². The van der Waals surface area contributed by atoms with Gasteiger partial charge in [0.2, 0.25) is 5.90 Å². The summed E-state index contributed by atoms with van der Waals surface area (Å²) in [5.74, 6) is 1.99. The minimum Gasteiger partial charge on any atom is -0.431 e. The molecule has 0 saturated carbocycles. The molecule has 212 valence electrons. The first-order valence-corrected chi connectivity index (χ1v) is 16.0. The quantitative estimate of drug-likeness (QED) is 0.105. The molecule has 1 aliphatic heterocycles. The normalized spacial score (nSPS) is 11.9. The molecular weight excluding hydrogens is 718 g/mol. The Hall–Kier alpha value is -2.85. The van der Waals surface area contributed by atoms with Gasteiger partial charge in [-0.15, -0.1) is 5.10 Å². The van der Waals surface area contributed by atoms with Crippen LogP contribution in [0.3, 0.4) is 0 Å². The number of rotatable bonds is 6. The Morgan fingerprint density at radius 1 is 0.976 bits per heavy atom. The standard InChI is InChI=1S/C13H12ClIN4OS.C13H11ClN4OS/c1-19(11-10(15)7-16-13(17-11)21-2)18-12(20)8-5-3-4-6-9(8)14;1-18-11-10(7-15-13(16-11)20-2)19-12(17-18)8-5-3-4-6-9(8)14/h3-7H,1-2H3,(H,18,20);3-7H,1-2H3. The highest BCUT2D eigenvalue weighted by molar-refractivity contribution is 14.1. The van der Waals surface area contributed by atoms with Gasteiger partial charge in [-0.2, -0.15) is 4.98 Å². The van der Waals surface area contributed by atoms with Gasteiger partial charge >= 0.3 is 0 Å². The Kier molecular flexibility index (Phi) is 10.9. The van der Waals surface area contributed by atoms with Crippen LogP contribution in [0.2, 0.25) is 10.0 Å². The van der Waals surface area contributed by atoms with E-state index in [1.54, 1.807) is 59.8 Å². The molecule has 10 nitrogen and oxygen atoms in total. The van der Waals surface area contributed by atoms with Crippen LogP contribution in [0.1, 0.15) is 15.9 Å². The highest BCUT2D eigenvalue weighted by atomic mass is 127. The number of aromatic nitrogens is 4. The first-order valence-electron chi connectivity index (χ1n) is 11.7. The predicted octanol–water partition coefficient (Wildman–Crippen LogP) is 6.28. The van der Waals surface area contributed by atoms with Gasteiger partial charge in [0.25, 0.3) is 5.91 Å². The third-order valence-corrected chi connectivity index (χ3v) is 7.89. The van der Waals surface area contributed by atoms with Crippen LogP contribution in [0.4, 0.5) is 11.6 Å². The van der Waals surface area contributed by atoms with Crippen molar-refractivity contribution in [3.8, 4) is 5.75 Å². The number of nitrogens with zero attached hydrogens (tertiary/aromatic N) is 7. The zero-order valence-electron chi connectivity index (χ0n) is 22.2. The van der Waals surface area contributed by atoms with Crippen molar-refractivity contribution in [1.29, 1.82) is 0 Å². The van der Waals surface area contributed by atoms with Crippen LogP contribution in [0, 0.1) is 3.57 Å². The fourth-order valence-electron chi connectivity index (χ4n) is 3.39. The number of hydrogen-bond donors (Lipinski definition) is 1. The van der Waals surface area contributed by atoms with E-state index in [9.17, 15) is 4.79 Å². The van der Waals surface area contributed by atoms with Gasteiger partial charge in [0.1, 0.15) is 0 Å². The van der Waals surface area contributed by atoms with Crippen molar-refractivity contribution in [3.05, 3.63) is 85.7 Å². The van der Waals surface area contributed by atoms with Gasteiger partial charge in [-0.25, -0.2) is 20.0 Å². The van der Waals surface area contributed by atoms with E-state index in [0.717, 1.165) is 9.13 Å². The fraction of sp³-hybridized carbons (Fsp3) is 0.154. The first kappa shape index (κ1) is 31.1. The number of carbonyl (C=O) groups is 1. The Balaban J connectivity index is 0.000000189. The Labute approximate surface area is 269 Å². The fourth-order valence-corrected chi connectivity index (χ4v) is 5.12. The number of fused-ring (bicyclic) bond motifs is 1. The number of halogens is 3. The molecule has 0 saturated heterocycles. The number of carbonyl (C=O) groups excluding carboxylic acids is 1. The van der Waals surface area contributed by atoms with Crippen molar-refractivity contribution in [3.63, 3.8) is 0 Å². The molecule has 1 amide bonds. The maximum absolute atomic E-state index is 12.2. The van der Waals surface area contributed by atoms with E-state index >= 15 is 0 Å². The molecule has 0 spiro atoms. The SMILES string of the molecule is CSc1ncc(I)c(N(C)NC(=O)c2ccccc2Cl)n1.CSc1ncc2c(n1)N(C)N=C(c1ccccc1Cl)O2. The summed E-state index contributed by atoms with van der Waals surface area (Å²) >= 11 is 17.2. The molecule has 0 unspecified atom stereocenters. The van der Waals surface area contributed by atoms with E-state index in [0.29, 0.717) is 49.2 Å². The molecule has 5 rings (SSSR count). The summed E-state index contributed by atoms with van der Waals surface area (Å²) in [6, 6.07) is 14.3. The van der Waals surface area contributed by atoms with Crippen molar-refractivity contribution < 1.29 is 9.53 Å². The maximum Gasteiger partial charge on any atom is 0.271 e. The summed E-state index contributed by atoms with van der Waals surface area (Å²) in [5, 5.41) is 9.92. The van der Waals surface area contributed by atoms with Gasteiger partial charge in [-0.05, 0) is 59.4 Å². The lowest BCUT2D eigenvalue weighted by atomic mass is 10.2. The highest BCUT2D eigenvalue weighted by Crippen LogP contribution is 2.32. The second-order valence-corrected chi connectivity index (χ2v) is 11.6. The van der Waals surface area contributed by atoms with Gasteiger partial charge in [0.15, 0.2) is 27.7 Å². The average molecular weight is 741 g/mol. The number of hydrazone groups is 1. The second-order valence-electron chi connectivity index (χ2n) is 8.06. The molecule has 0 aliphatic carbocycles. The largest absolute Gasteiger partial charge is 0.431 e. The van der Waals surface area contributed by atoms with E-state index in [-0.39, 0.29) is 5.91 Å². The highest BCUT2D eigenvalue weighted by Gasteiger charge is 2.23. The summed E-state index contributed by atoms with van der Waals surface area (Å²) in [4.78, 5) is 29.4. The van der Waals surface area contributed by atoms with E-state index < -0.39 is 0 Å². The van der Waals surface area contributed by atoms with E-state index in [1.165, 1.54) is 23.5 Å². The molecule has 0 fully saturated rings. The third-order valence-electron chi connectivity index (χ3n) is 5.35. The molecule has 1 aliphatic rings. The molecule has 2 aromatic heterocycles. The molecule has 0 radical (unpaired) electrons. The molecule has 3 heterocycles. The lowest BCUT2D eigenvalue weighted by Gasteiger charge is -2.23. The van der Waals surface area contributed by atoms with E-state index in [2.05, 4.69) is 53.1 Å². The van der Waals surface area contributed by atoms with Gasteiger partial charge in [-0.1, -0.05) is 71.0 Å². The van der Waals surface area contributed by atoms with Crippen LogP contribution in [0.15, 0.2) is 76.3 Å². The third kappa shape index (κ3) is 7.71. The second kappa shape index (κ2) is 14.4. The van der Waals surface area contributed by atoms with E-state index in [1.807, 2.05) is 37.8 Å². The number of hydrazine groups is 1. The number of anilines is 2. The van der Waals surface area contributed by atoms with Crippen LogP contribution >= 0.6 is 69.3 Å². The summed E-state index contributed by atoms with van der Waals surface area (Å²) in [7, 11) is 3.54. The summed E-state index contributed by atoms with van der Waals surface area (Å²) in [5.41, 5.74) is 3.90. The number of ether oxygens (including phenoxy) is 1. The average Bonchev–Trinajstić information content (AvgIpc) is 2.98. The van der Waals surface area contributed by atoms with Gasteiger partial charge in [-0.3, -0.25) is 15.2 Å². The minimum absolute atomic E-state index is 0.289. The smallest absolute Gasteiger partial charge is 0.271 e. The van der Waals surface area contributed by atoms with Crippen molar-refractivity contribution in [2.75, 3.05) is 36.6 Å². The van der Waals surface area contributed by atoms with Crippen LogP contribution in [-0.4, -0.2) is 58.3 Å². The van der Waals surface area contributed by atoms with Crippen LogP contribution in [0.25, 0.3) is 0 Å². The topological polar surface area (TPSA) is 109 Å². The van der Waals surface area contributed by atoms with Gasteiger partial charge in [0.05, 0.1) is 30.9 Å². The Bertz CT molecular complexity index is 1600. The number of thioether (sulfide) groups is 2. The van der Waals surface area contributed by atoms with Crippen molar-refractivity contribution >= 4 is 92.8 Å². The van der Waals surface area contributed by atoms with Crippen molar-refractivity contribution in [2.24, 2.45) is 5.10 Å². The lowest BCUT2D eigenvalue weighted by molar-refractivity contribution is 0.0951. The molecular formula is C26H23Cl2IN8O2S2. The van der Waals surface area contributed by atoms with Crippen LogP contribution < -0.4 is 20.2 Å². The van der Waals surface area contributed by atoms with Crippen LogP contribution in [-0.2, 0) is 0 Å². The molecule has 15 heteroatoms. The number of nitrogens with one attached hydrogen (secondary N) is 1. The minimum atomic E-state index is -0.289. The van der Waals surface area contributed by atoms with E-state index in [4.69, 9.17) is 27.9 Å². The first-order chi connectivity index (χ1) is 19.7. The molecule has 4 aromatic rings. The maximum atomic E-state index is 12.2. The monoisotopic (exact) mass is 740 g/mol. The predicted molar refractivity (Wildman–Crippen MR) is 175 cm³/mol.